The van der Waals surface area contributed by atoms with Gasteiger partial charge in [0.05, 0.1) is 12.2 Å². The highest BCUT2D eigenvalue weighted by atomic mass is 19.1. The molecular formula is C19H20FNO2. The monoisotopic (exact) mass is 313 g/mol. The molecule has 1 amide bonds. The van der Waals surface area contributed by atoms with Gasteiger partial charge in [-0.25, -0.2) is 4.39 Å². The summed E-state index contributed by atoms with van der Waals surface area (Å²) in [5.41, 5.74) is 1.71. The van der Waals surface area contributed by atoms with Crippen LogP contribution in [0.5, 0.6) is 0 Å². The van der Waals surface area contributed by atoms with E-state index in [0.717, 1.165) is 6.42 Å². The fraction of sp³-hybridized carbons (Fsp3) is 0.316. The molecule has 1 aliphatic rings. The highest BCUT2D eigenvalue weighted by Gasteiger charge is 2.29. The molecule has 2 unspecified atom stereocenters. The third-order valence-corrected chi connectivity index (χ3v) is 4.01. The maximum atomic E-state index is 13.0. The Balaban J connectivity index is 1.70. The number of hydrogen-bond donors (Lipinski definition) is 0. The fourth-order valence-corrected chi connectivity index (χ4v) is 2.98. The van der Waals surface area contributed by atoms with Gasteiger partial charge in [-0.15, -0.1) is 0 Å². The SMILES string of the molecule is CC1CN(C(=O)c2ccc(F)cc2)CC(Cc2ccccc2)O1. The first-order valence-electron chi connectivity index (χ1n) is 7.86. The van der Waals surface area contributed by atoms with Gasteiger partial charge >= 0.3 is 0 Å². The van der Waals surface area contributed by atoms with Crippen LogP contribution in [0.15, 0.2) is 54.6 Å². The summed E-state index contributed by atoms with van der Waals surface area (Å²) in [6.45, 7) is 3.08. The molecule has 0 saturated carbocycles. The number of hydrogen-bond acceptors (Lipinski definition) is 2. The van der Waals surface area contributed by atoms with Gasteiger partial charge in [0.15, 0.2) is 0 Å². The molecule has 0 aromatic heterocycles. The van der Waals surface area contributed by atoms with Crippen LogP contribution >= 0.6 is 0 Å². The van der Waals surface area contributed by atoms with Crippen molar-refractivity contribution in [1.82, 2.24) is 4.90 Å². The first-order chi connectivity index (χ1) is 11.1. The summed E-state index contributed by atoms with van der Waals surface area (Å²) < 4.78 is 19.0. The van der Waals surface area contributed by atoms with E-state index >= 15 is 0 Å². The minimum atomic E-state index is -0.334. The molecule has 23 heavy (non-hydrogen) atoms. The van der Waals surface area contributed by atoms with E-state index in [2.05, 4.69) is 12.1 Å². The average Bonchev–Trinajstić information content (AvgIpc) is 2.55. The molecule has 1 heterocycles. The minimum absolute atomic E-state index is 0.0122. The molecule has 0 spiro atoms. The Labute approximate surface area is 135 Å². The summed E-state index contributed by atoms with van der Waals surface area (Å²) in [6.07, 6.45) is 0.741. The number of carbonyl (C=O) groups is 1. The van der Waals surface area contributed by atoms with Crippen LogP contribution in [0.1, 0.15) is 22.8 Å². The standard InChI is InChI=1S/C19H20FNO2/c1-14-12-21(19(22)16-7-9-17(20)10-8-16)13-18(23-14)11-15-5-3-2-4-6-15/h2-10,14,18H,11-13H2,1H3. The third kappa shape index (κ3) is 3.96. The van der Waals surface area contributed by atoms with E-state index in [1.165, 1.54) is 29.8 Å². The summed E-state index contributed by atoms with van der Waals surface area (Å²) in [4.78, 5) is 14.4. The Morgan fingerprint density at radius 1 is 1.13 bits per heavy atom. The van der Waals surface area contributed by atoms with Crippen molar-refractivity contribution < 1.29 is 13.9 Å². The number of morpholine rings is 1. The molecule has 120 valence electrons. The number of rotatable bonds is 3. The van der Waals surface area contributed by atoms with Crippen molar-refractivity contribution in [2.75, 3.05) is 13.1 Å². The quantitative estimate of drug-likeness (QED) is 0.870. The van der Waals surface area contributed by atoms with E-state index in [9.17, 15) is 9.18 Å². The van der Waals surface area contributed by atoms with Crippen molar-refractivity contribution in [2.45, 2.75) is 25.6 Å². The first-order valence-corrected chi connectivity index (χ1v) is 7.86. The third-order valence-electron chi connectivity index (χ3n) is 4.01. The molecule has 0 N–H and O–H groups in total. The Hall–Kier alpha value is -2.20. The smallest absolute Gasteiger partial charge is 0.254 e. The van der Waals surface area contributed by atoms with Crippen LogP contribution in [0.4, 0.5) is 4.39 Å². The molecule has 0 aliphatic carbocycles. The maximum Gasteiger partial charge on any atom is 0.254 e. The predicted octanol–water partition coefficient (Wildman–Crippen LogP) is 3.30. The van der Waals surface area contributed by atoms with Crippen LogP contribution in [-0.4, -0.2) is 36.1 Å². The van der Waals surface area contributed by atoms with Gasteiger partial charge in [0.2, 0.25) is 0 Å². The van der Waals surface area contributed by atoms with Crippen molar-refractivity contribution in [3.63, 3.8) is 0 Å². The Morgan fingerprint density at radius 2 is 1.83 bits per heavy atom. The van der Waals surface area contributed by atoms with Gasteiger partial charge in [-0.1, -0.05) is 30.3 Å². The number of amides is 1. The molecular weight excluding hydrogens is 293 g/mol. The Morgan fingerprint density at radius 3 is 2.52 bits per heavy atom. The highest BCUT2D eigenvalue weighted by Crippen LogP contribution is 2.18. The van der Waals surface area contributed by atoms with Crippen LogP contribution in [0.25, 0.3) is 0 Å². The van der Waals surface area contributed by atoms with Crippen LogP contribution in [-0.2, 0) is 11.2 Å². The highest BCUT2D eigenvalue weighted by molar-refractivity contribution is 5.94. The molecule has 2 atom stereocenters. The molecule has 4 heteroatoms. The Bertz CT molecular complexity index is 657. The topological polar surface area (TPSA) is 29.5 Å². The summed E-state index contributed by atoms with van der Waals surface area (Å²) in [7, 11) is 0. The molecule has 0 bridgehead atoms. The maximum absolute atomic E-state index is 13.0. The van der Waals surface area contributed by atoms with E-state index in [-0.39, 0.29) is 23.9 Å². The molecule has 1 saturated heterocycles. The van der Waals surface area contributed by atoms with Crippen molar-refractivity contribution in [1.29, 1.82) is 0 Å². The number of ether oxygens (including phenoxy) is 1. The van der Waals surface area contributed by atoms with Crippen LogP contribution in [0.3, 0.4) is 0 Å². The van der Waals surface area contributed by atoms with Crippen molar-refractivity contribution in [3.8, 4) is 0 Å². The second kappa shape index (κ2) is 6.92. The lowest BCUT2D eigenvalue weighted by atomic mass is 10.0. The lowest BCUT2D eigenvalue weighted by Crippen LogP contribution is -2.49. The van der Waals surface area contributed by atoms with Gasteiger partial charge in [0.25, 0.3) is 5.91 Å². The predicted molar refractivity (Wildman–Crippen MR) is 86.8 cm³/mol. The van der Waals surface area contributed by atoms with E-state index in [4.69, 9.17) is 4.74 Å². The lowest BCUT2D eigenvalue weighted by molar-refractivity contribution is -0.0664. The molecule has 3 nitrogen and oxygen atoms in total. The van der Waals surface area contributed by atoms with Crippen molar-refractivity contribution in [3.05, 3.63) is 71.5 Å². The molecule has 1 fully saturated rings. The van der Waals surface area contributed by atoms with E-state index in [1.54, 1.807) is 4.90 Å². The van der Waals surface area contributed by atoms with Crippen LogP contribution < -0.4 is 0 Å². The summed E-state index contributed by atoms with van der Waals surface area (Å²) in [5.74, 6) is -0.405. The fourth-order valence-electron chi connectivity index (χ4n) is 2.98. The van der Waals surface area contributed by atoms with E-state index in [0.29, 0.717) is 18.7 Å². The summed E-state index contributed by atoms with van der Waals surface area (Å²) >= 11 is 0. The largest absolute Gasteiger partial charge is 0.371 e. The van der Waals surface area contributed by atoms with Gasteiger partial charge in [-0.05, 0) is 36.8 Å². The molecule has 1 aliphatic heterocycles. The second-order valence-corrected chi connectivity index (χ2v) is 5.98. The van der Waals surface area contributed by atoms with Crippen LogP contribution in [0.2, 0.25) is 0 Å². The molecule has 0 radical (unpaired) electrons. The number of nitrogens with zero attached hydrogens (tertiary/aromatic N) is 1. The van der Waals surface area contributed by atoms with Crippen molar-refractivity contribution in [2.24, 2.45) is 0 Å². The zero-order chi connectivity index (χ0) is 16.2. The lowest BCUT2D eigenvalue weighted by Gasteiger charge is -2.37. The van der Waals surface area contributed by atoms with Crippen LogP contribution in [0, 0.1) is 5.82 Å². The van der Waals surface area contributed by atoms with Crippen molar-refractivity contribution >= 4 is 5.91 Å². The normalized spacial score (nSPS) is 21.2. The van der Waals surface area contributed by atoms with Gasteiger partial charge in [-0.2, -0.15) is 0 Å². The Kier molecular flexibility index (Phi) is 4.72. The number of halogens is 1. The zero-order valence-electron chi connectivity index (χ0n) is 13.1. The zero-order valence-corrected chi connectivity index (χ0v) is 13.1. The summed E-state index contributed by atoms with van der Waals surface area (Å²) in [6, 6.07) is 15.8. The first kappa shape index (κ1) is 15.7. The summed E-state index contributed by atoms with van der Waals surface area (Å²) in [5, 5.41) is 0. The van der Waals surface area contributed by atoms with E-state index < -0.39 is 0 Å². The molecule has 3 rings (SSSR count). The number of carbonyl (C=O) groups excluding carboxylic acids is 1. The second-order valence-electron chi connectivity index (χ2n) is 5.98. The van der Waals surface area contributed by atoms with Gasteiger partial charge in [-0.3, -0.25) is 4.79 Å². The minimum Gasteiger partial charge on any atom is -0.371 e. The van der Waals surface area contributed by atoms with E-state index in [1.807, 2.05) is 25.1 Å². The molecule has 2 aromatic carbocycles. The van der Waals surface area contributed by atoms with Gasteiger partial charge < -0.3 is 9.64 Å². The molecule has 2 aromatic rings. The van der Waals surface area contributed by atoms with Gasteiger partial charge in [0, 0.05) is 25.1 Å². The average molecular weight is 313 g/mol. The number of benzene rings is 2. The van der Waals surface area contributed by atoms with Gasteiger partial charge in [0.1, 0.15) is 5.82 Å².